The molecule has 82 valence electrons. The van der Waals surface area contributed by atoms with E-state index in [2.05, 4.69) is 21.4 Å². The Bertz CT molecular complexity index is 489. The summed E-state index contributed by atoms with van der Waals surface area (Å²) in [5, 5.41) is 4.54. The monoisotopic (exact) mass is 213 g/mol. The zero-order chi connectivity index (χ0) is 10.8. The summed E-state index contributed by atoms with van der Waals surface area (Å²) in [5.74, 6) is 0.665. The summed E-state index contributed by atoms with van der Waals surface area (Å²) in [4.78, 5) is 8.64. The van der Waals surface area contributed by atoms with Crippen LogP contribution in [-0.2, 0) is 0 Å². The minimum Gasteiger partial charge on any atom is -0.317 e. The number of nitrogens with zero attached hydrogens (tertiary/aromatic N) is 2. The fourth-order valence-electron chi connectivity index (χ4n) is 2.37. The summed E-state index contributed by atoms with van der Waals surface area (Å²) >= 11 is 0. The largest absolute Gasteiger partial charge is 0.317 e. The van der Waals surface area contributed by atoms with E-state index >= 15 is 0 Å². The summed E-state index contributed by atoms with van der Waals surface area (Å²) in [6.45, 7) is 2.24. The van der Waals surface area contributed by atoms with Crippen LogP contribution >= 0.6 is 0 Å². The molecule has 2 aromatic rings. The maximum atomic E-state index is 4.50. The van der Waals surface area contributed by atoms with Gasteiger partial charge in [0.2, 0.25) is 0 Å². The number of piperidine rings is 1. The van der Waals surface area contributed by atoms with Crippen LogP contribution in [0.25, 0.3) is 10.9 Å². The number of fused-ring (bicyclic) bond motifs is 1. The predicted molar refractivity (Wildman–Crippen MR) is 64.4 cm³/mol. The maximum absolute atomic E-state index is 4.50. The molecule has 0 aromatic carbocycles. The zero-order valence-corrected chi connectivity index (χ0v) is 9.19. The van der Waals surface area contributed by atoms with Crippen molar-refractivity contribution in [2.45, 2.75) is 18.8 Å². The van der Waals surface area contributed by atoms with Crippen LogP contribution in [0, 0.1) is 0 Å². The van der Waals surface area contributed by atoms with Crippen LogP contribution in [-0.4, -0.2) is 23.1 Å². The Labute approximate surface area is 94.9 Å². The van der Waals surface area contributed by atoms with E-state index in [1.807, 2.05) is 18.5 Å². The maximum Gasteiger partial charge on any atom is 0.0732 e. The Morgan fingerprint density at radius 2 is 2.06 bits per heavy atom. The first-order valence-corrected chi connectivity index (χ1v) is 5.84. The molecule has 0 bridgehead atoms. The van der Waals surface area contributed by atoms with Crippen molar-refractivity contribution in [1.82, 2.24) is 15.3 Å². The average molecular weight is 213 g/mol. The SMILES string of the molecule is c1cc2ncc(C3CCNCC3)cc2cn1. The number of rotatable bonds is 1. The molecule has 16 heavy (non-hydrogen) atoms. The van der Waals surface area contributed by atoms with Gasteiger partial charge in [0.15, 0.2) is 0 Å². The van der Waals surface area contributed by atoms with Gasteiger partial charge in [0.25, 0.3) is 0 Å². The second-order valence-electron chi connectivity index (χ2n) is 4.36. The van der Waals surface area contributed by atoms with Crippen molar-refractivity contribution in [3.05, 3.63) is 36.3 Å². The minimum atomic E-state index is 0.665. The van der Waals surface area contributed by atoms with Gasteiger partial charge in [-0.1, -0.05) is 0 Å². The van der Waals surface area contributed by atoms with Crippen molar-refractivity contribution >= 4 is 10.9 Å². The molecule has 0 amide bonds. The lowest BCUT2D eigenvalue weighted by Gasteiger charge is -2.22. The molecule has 1 aliphatic heterocycles. The van der Waals surface area contributed by atoms with Crippen LogP contribution in [0.15, 0.2) is 30.7 Å². The first-order chi connectivity index (χ1) is 7.93. The molecule has 2 aromatic heterocycles. The number of aromatic nitrogens is 2. The highest BCUT2D eigenvalue weighted by Gasteiger charge is 2.15. The fourth-order valence-corrected chi connectivity index (χ4v) is 2.37. The van der Waals surface area contributed by atoms with E-state index in [0.717, 1.165) is 24.0 Å². The molecule has 0 unspecified atom stereocenters. The van der Waals surface area contributed by atoms with Gasteiger partial charge in [-0.15, -0.1) is 0 Å². The normalized spacial score (nSPS) is 17.8. The molecule has 0 spiro atoms. The lowest BCUT2D eigenvalue weighted by atomic mass is 9.91. The molecule has 1 aliphatic rings. The Balaban J connectivity index is 1.97. The van der Waals surface area contributed by atoms with Crippen molar-refractivity contribution in [3.8, 4) is 0 Å². The topological polar surface area (TPSA) is 37.8 Å². The van der Waals surface area contributed by atoms with E-state index < -0.39 is 0 Å². The van der Waals surface area contributed by atoms with Crippen molar-refractivity contribution in [3.63, 3.8) is 0 Å². The van der Waals surface area contributed by atoms with Crippen LogP contribution in [0.3, 0.4) is 0 Å². The van der Waals surface area contributed by atoms with Crippen LogP contribution in [0.4, 0.5) is 0 Å². The second-order valence-corrected chi connectivity index (χ2v) is 4.36. The van der Waals surface area contributed by atoms with Crippen LogP contribution < -0.4 is 5.32 Å². The van der Waals surface area contributed by atoms with Gasteiger partial charge in [-0.25, -0.2) is 0 Å². The molecular formula is C13H15N3. The van der Waals surface area contributed by atoms with Gasteiger partial charge in [0.1, 0.15) is 0 Å². The first-order valence-electron chi connectivity index (χ1n) is 5.84. The van der Waals surface area contributed by atoms with Crippen molar-refractivity contribution < 1.29 is 0 Å². The van der Waals surface area contributed by atoms with Crippen LogP contribution in [0.1, 0.15) is 24.3 Å². The number of hydrogen-bond acceptors (Lipinski definition) is 3. The molecule has 3 rings (SSSR count). The van der Waals surface area contributed by atoms with E-state index in [1.54, 1.807) is 6.20 Å². The van der Waals surface area contributed by atoms with Gasteiger partial charge >= 0.3 is 0 Å². The van der Waals surface area contributed by atoms with Crippen molar-refractivity contribution in [2.75, 3.05) is 13.1 Å². The summed E-state index contributed by atoms with van der Waals surface area (Å²) < 4.78 is 0. The fraction of sp³-hybridized carbons (Fsp3) is 0.385. The quantitative estimate of drug-likeness (QED) is 0.788. The molecule has 0 atom stereocenters. The summed E-state index contributed by atoms with van der Waals surface area (Å²) in [6.07, 6.45) is 8.14. The molecule has 1 saturated heterocycles. The third-order valence-electron chi connectivity index (χ3n) is 3.31. The highest BCUT2D eigenvalue weighted by Crippen LogP contribution is 2.26. The van der Waals surface area contributed by atoms with E-state index in [4.69, 9.17) is 0 Å². The summed E-state index contributed by atoms with van der Waals surface area (Å²) in [6, 6.07) is 4.20. The molecule has 0 saturated carbocycles. The highest BCUT2D eigenvalue weighted by atomic mass is 14.9. The van der Waals surface area contributed by atoms with Crippen LogP contribution in [0.5, 0.6) is 0 Å². The Morgan fingerprint density at radius 3 is 2.94 bits per heavy atom. The standard InChI is InChI=1S/C13H15N3/c1-4-14-5-2-10(1)11-7-12-8-15-6-3-13(12)16-9-11/h3,6-10,14H,1-2,4-5H2. The smallest absolute Gasteiger partial charge is 0.0732 e. The Hall–Kier alpha value is -1.48. The van der Waals surface area contributed by atoms with Gasteiger partial charge in [-0.2, -0.15) is 0 Å². The van der Waals surface area contributed by atoms with Crippen molar-refractivity contribution in [2.24, 2.45) is 0 Å². The Kier molecular flexibility index (Phi) is 2.54. The van der Waals surface area contributed by atoms with Gasteiger partial charge in [-0.05, 0) is 49.5 Å². The zero-order valence-electron chi connectivity index (χ0n) is 9.19. The lowest BCUT2D eigenvalue weighted by molar-refractivity contribution is 0.460. The molecule has 3 nitrogen and oxygen atoms in total. The average Bonchev–Trinajstić information content (AvgIpc) is 2.39. The Morgan fingerprint density at radius 1 is 1.19 bits per heavy atom. The van der Waals surface area contributed by atoms with Crippen LogP contribution in [0.2, 0.25) is 0 Å². The van der Waals surface area contributed by atoms with E-state index in [-0.39, 0.29) is 0 Å². The molecule has 3 heteroatoms. The van der Waals surface area contributed by atoms with Gasteiger partial charge in [0, 0.05) is 24.0 Å². The van der Waals surface area contributed by atoms with Crippen molar-refractivity contribution in [1.29, 1.82) is 0 Å². The number of pyridine rings is 2. The molecule has 1 fully saturated rings. The number of hydrogen-bond donors (Lipinski definition) is 1. The van der Waals surface area contributed by atoms with E-state index in [0.29, 0.717) is 5.92 Å². The third kappa shape index (κ3) is 1.78. The minimum absolute atomic E-state index is 0.665. The lowest BCUT2D eigenvalue weighted by Crippen LogP contribution is -2.26. The molecule has 3 heterocycles. The molecular weight excluding hydrogens is 198 g/mol. The molecule has 0 aliphatic carbocycles. The van der Waals surface area contributed by atoms with Gasteiger partial charge < -0.3 is 5.32 Å². The third-order valence-corrected chi connectivity index (χ3v) is 3.31. The number of nitrogens with one attached hydrogen (secondary N) is 1. The van der Waals surface area contributed by atoms with Gasteiger partial charge in [0.05, 0.1) is 5.52 Å². The van der Waals surface area contributed by atoms with E-state index in [1.165, 1.54) is 18.4 Å². The van der Waals surface area contributed by atoms with Gasteiger partial charge in [-0.3, -0.25) is 9.97 Å². The first kappa shape index (κ1) is 9.73. The molecule has 0 radical (unpaired) electrons. The molecule has 1 N–H and O–H groups in total. The van der Waals surface area contributed by atoms with E-state index in [9.17, 15) is 0 Å². The predicted octanol–water partition coefficient (Wildman–Crippen LogP) is 2.10. The highest BCUT2D eigenvalue weighted by molar-refractivity contribution is 5.77. The summed E-state index contributed by atoms with van der Waals surface area (Å²) in [7, 11) is 0. The second kappa shape index (κ2) is 4.18. The summed E-state index contributed by atoms with van der Waals surface area (Å²) in [5.41, 5.74) is 2.40.